The van der Waals surface area contributed by atoms with E-state index in [0.717, 1.165) is 6.42 Å². The predicted octanol–water partition coefficient (Wildman–Crippen LogP) is 2.94. The van der Waals surface area contributed by atoms with E-state index in [1.54, 1.807) is 0 Å². The van der Waals surface area contributed by atoms with Gasteiger partial charge in [0.25, 0.3) is 5.82 Å². The highest BCUT2D eigenvalue weighted by molar-refractivity contribution is 4.82. The molecule has 0 saturated heterocycles. The zero-order valence-electron chi connectivity index (χ0n) is 10.5. The lowest BCUT2D eigenvalue weighted by molar-refractivity contribution is -0.704. The van der Waals surface area contributed by atoms with Crippen molar-refractivity contribution < 1.29 is 4.57 Å². The van der Waals surface area contributed by atoms with Crippen LogP contribution in [0.3, 0.4) is 0 Å². The lowest BCUT2D eigenvalue weighted by Crippen LogP contribution is -2.37. The van der Waals surface area contributed by atoms with Gasteiger partial charge in [0, 0.05) is 6.42 Å². The first-order valence-corrected chi connectivity index (χ1v) is 6.40. The average Bonchev–Trinajstić information content (AvgIpc) is 2.65. The van der Waals surface area contributed by atoms with Crippen LogP contribution in [0, 0.1) is 0 Å². The second-order valence-electron chi connectivity index (χ2n) is 4.16. The van der Waals surface area contributed by atoms with Crippen molar-refractivity contribution in [2.75, 3.05) is 0 Å². The van der Waals surface area contributed by atoms with E-state index in [9.17, 15) is 0 Å². The van der Waals surface area contributed by atoms with Crippen molar-refractivity contribution in [1.82, 2.24) is 4.57 Å². The Morgan fingerprint density at radius 2 is 1.87 bits per heavy atom. The standard InChI is InChI=1S/C13H25N2/c1-4-7-9-14-11-12-15(10-8-5-2)13(14)6-3/h11-12H,4-10H2,1-3H3/q+1. The molecule has 0 aliphatic heterocycles. The summed E-state index contributed by atoms with van der Waals surface area (Å²) in [7, 11) is 0. The number of imidazole rings is 1. The summed E-state index contributed by atoms with van der Waals surface area (Å²) in [6, 6.07) is 0. The van der Waals surface area contributed by atoms with Crippen molar-refractivity contribution in [2.24, 2.45) is 0 Å². The van der Waals surface area contributed by atoms with Crippen LogP contribution in [-0.2, 0) is 19.5 Å². The number of unbranched alkanes of at least 4 members (excludes halogenated alkanes) is 2. The third kappa shape index (κ3) is 3.37. The average molecular weight is 209 g/mol. The van der Waals surface area contributed by atoms with Crippen LogP contribution in [0.25, 0.3) is 0 Å². The van der Waals surface area contributed by atoms with E-state index in [1.165, 1.54) is 44.6 Å². The molecular formula is C13H25N2+. The summed E-state index contributed by atoms with van der Waals surface area (Å²) in [6.45, 7) is 9.11. The van der Waals surface area contributed by atoms with Gasteiger partial charge in [0.05, 0.1) is 13.1 Å². The fraction of sp³-hybridized carbons (Fsp3) is 0.769. The molecule has 0 atom stereocenters. The molecule has 86 valence electrons. The van der Waals surface area contributed by atoms with Crippen molar-refractivity contribution in [2.45, 2.75) is 66.0 Å². The van der Waals surface area contributed by atoms with E-state index in [-0.39, 0.29) is 0 Å². The zero-order valence-corrected chi connectivity index (χ0v) is 10.5. The molecule has 0 aromatic carbocycles. The van der Waals surface area contributed by atoms with E-state index in [4.69, 9.17) is 0 Å². The third-order valence-corrected chi connectivity index (χ3v) is 2.91. The molecular weight excluding hydrogens is 184 g/mol. The maximum Gasteiger partial charge on any atom is 0.256 e. The molecule has 0 bridgehead atoms. The predicted molar refractivity (Wildman–Crippen MR) is 63.8 cm³/mol. The minimum Gasteiger partial charge on any atom is -0.234 e. The highest BCUT2D eigenvalue weighted by atomic mass is 15.1. The molecule has 15 heavy (non-hydrogen) atoms. The van der Waals surface area contributed by atoms with Gasteiger partial charge >= 0.3 is 0 Å². The van der Waals surface area contributed by atoms with E-state index in [1.807, 2.05) is 0 Å². The van der Waals surface area contributed by atoms with Crippen molar-refractivity contribution >= 4 is 0 Å². The van der Waals surface area contributed by atoms with E-state index in [2.05, 4.69) is 42.3 Å². The first-order valence-electron chi connectivity index (χ1n) is 6.40. The summed E-state index contributed by atoms with van der Waals surface area (Å²) in [4.78, 5) is 0. The Hall–Kier alpha value is -0.790. The Balaban J connectivity index is 2.66. The summed E-state index contributed by atoms with van der Waals surface area (Å²) in [5.41, 5.74) is 0. The summed E-state index contributed by atoms with van der Waals surface area (Å²) in [5, 5.41) is 0. The number of hydrogen-bond acceptors (Lipinski definition) is 0. The number of hydrogen-bond donors (Lipinski definition) is 0. The zero-order chi connectivity index (χ0) is 11.1. The van der Waals surface area contributed by atoms with Crippen LogP contribution in [0.4, 0.5) is 0 Å². The van der Waals surface area contributed by atoms with E-state index in [0.29, 0.717) is 0 Å². The number of aryl methyl sites for hydroxylation is 2. The smallest absolute Gasteiger partial charge is 0.234 e. The number of aromatic nitrogens is 2. The van der Waals surface area contributed by atoms with Gasteiger partial charge in [-0.2, -0.15) is 0 Å². The summed E-state index contributed by atoms with van der Waals surface area (Å²) in [6.07, 6.45) is 10.7. The Morgan fingerprint density at radius 3 is 2.47 bits per heavy atom. The molecule has 0 radical (unpaired) electrons. The van der Waals surface area contributed by atoms with Gasteiger partial charge in [-0.15, -0.1) is 0 Å². The Kier molecular flexibility index (Phi) is 5.44. The normalized spacial score (nSPS) is 10.9. The van der Waals surface area contributed by atoms with Gasteiger partial charge in [-0.25, -0.2) is 9.13 Å². The molecule has 0 spiro atoms. The van der Waals surface area contributed by atoms with Crippen LogP contribution >= 0.6 is 0 Å². The van der Waals surface area contributed by atoms with E-state index < -0.39 is 0 Å². The molecule has 1 rings (SSSR count). The second-order valence-corrected chi connectivity index (χ2v) is 4.16. The van der Waals surface area contributed by atoms with Crippen molar-refractivity contribution in [1.29, 1.82) is 0 Å². The summed E-state index contributed by atoms with van der Waals surface area (Å²) in [5.74, 6) is 1.48. The quantitative estimate of drug-likeness (QED) is 0.611. The minimum atomic E-state index is 1.14. The van der Waals surface area contributed by atoms with Gasteiger partial charge in [-0.3, -0.25) is 0 Å². The van der Waals surface area contributed by atoms with Crippen LogP contribution in [0.15, 0.2) is 12.4 Å². The first-order chi connectivity index (χ1) is 7.33. The maximum absolute atomic E-state index is 2.42. The lowest BCUT2D eigenvalue weighted by atomic mass is 10.3. The number of rotatable bonds is 7. The third-order valence-electron chi connectivity index (χ3n) is 2.91. The minimum absolute atomic E-state index is 1.14. The molecule has 2 heteroatoms. The van der Waals surface area contributed by atoms with Crippen LogP contribution in [0.5, 0.6) is 0 Å². The second kappa shape index (κ2) is 6.65. The molecule has 1 heterocycles. The van der Waals surface area contributed by atoms with Crippen molar-refractivity contribution in [3.05, 3.63) is 18.2 Å². The maximum atomic E-state index is 2.42. The lowest BCUT2D eigenvalue weighted by Gasteiger charge is -2.02. The Labute approximate surface area is 93.9 Å². The topological polar surface area (TPSA) is 8.81 Å². The highest BCUT2D eigenvalue weighted by Crippen LogP contribution is 2.01. The van der Waals surface area contributed by atoms with Crippen molar-refractivity contribution in [3.63, 3.8) is 0 Å². The van der Waals surface area contributed by atoms with Crippen LogP contribution in [-0.4, -0.2) is 4.57 Å². The largest absolute Gasteiger partial charge is 0.256 e. The number of nitrogens with zero attached hydrogens (tertiary/aromatic N) is 2. The van der Waals surface area contributed by atoms with Crippen LogP contribution in [0.2, 0.25) is 0 Å². The molecule has 0 aliphatic carbocycles. The van der Waals surface area contributed by atoms with Gasteiger partial charge in [-0.1, -0.05) is 33.6 Å². The Bertz CT molecular complexity index is 251. The molecule has 0 saturated carbocycles. The van der Waals surface area contributed by atoms with Crippen LogP contribution in [0.1, 0.15) is 52.3 Å². The van der Waals surface area contributed by atoms with Gasteiger partial charge in [0.2, 0.25) is 0 Å². The highest BCUT2D eigenvalue weighted by Gasteiger charge is 2.13. The molecule has 2 nitrogen and oxygen atoms in total. The van der Waals surface area contributed by atoms with Crippen LogP contribution < -0.4 is 4.57 Å². The first kappa shape index (κ1) is 12.3. The SMILES string of the molecule is CCCCn1cc[n+](CCCC)c1CC. The fourth-order valence-electron chi connectivity index (χ4n) is 1.97. The van der Waals surface area contributed by atoms with E-state index >= 15 is 0 Å². The van der Waals surface area contributed by atoms with Gasteiger partial charge in [0.1, 0.15) is 12.4 Å². The van der Waals surface area contributed by atoms with Gasteiger partial charge in [0.15, 0.2) is 0 Å². The van der Waals surface area contributed by atoms with Crippen molar-refractivity contribution in [3.8, 4) is 0 Å². The molecule has 0 unspecified atom stereocenters. The molecule has 0 amide bonds. The molecule has 1 aromatic rings. The van der Waals surface area contributed by atoms with Gasteiger partial charge < -0.3 is 0 Å². The van der Waals surface area contributed by atoms with Gasteiger partial charge in [-0.05, 0) is 12.8 Å². The molecule has 0 N–H and O–H groups in total. The fourth-order valence-corrected chi connectivity index (χ4v) is 1.97. The molecule has 1 aromatic heterocycles. The monoisotopic (exact) mass is 209 g/mol. The Morgan fingerprint density at radius 1 is 1.13 bits per heavy atom. The summed E-state index contributed by atoms with van der Waals surface area (Å²) >= 11 is 0. The molecule has 0 fully saturated rings. The molecule has 0 aliphatic rings. The summed E-state index contributed by atoms with van der Waals surface area (Å²) < 4.78 is 4.83.